The highest BCUT2D eigenvalue weighted by atomic mass is 16.4. The summed E-state index contributed by atoms with van der Waals surface area (Å²) >= 11 is 0. The van der Waals surface area contributed by atoms with Gasteiger partial charge in [-0.15, -0.1) is 0 Å². The van der Waals surface area contributed by atoms with Gasteiger partial charge in [-0.05, 0) is 23.1 Å². The minimum Gasteiger partial charge on any atom is -0.507 e. The second-order valence-corrected chi connectivity index (χ2v) is 4.74. The Morgan fingerprint density at radius 2 is 1.41 bits per heavy atom. The van der Waals surface area contributed by atoms with Crippen molar-refractivity contribution in [1.29, 1.82) is 0 Å². The third kappa shape index (κ3) is 2.96. The van der Waals surface area contributed by atoms with E-state index in [1.807, 2.05) is 20.8 Å². The lowest BCUT2D eigenvalue weighted by Gasteiger charge is -2.20. The van der Waals surface area contributed by atoms with Crippen molar-refractivity contribution in [2.75, 3.05) is 0 Å². The molecule has 0 unspecified atom stereocenters. The standard InChI is InChI=1S/C12H16N2O3/c1-12(2,3)10-4-8(6-13-16)11(15)9(5-10)7-14-17/h4-7,15-17H,1-3H3/b13-6+,14-7?. The van der Waals surface area contributed by atoms with E-state index in [4.69, 9.17) is 10.4 Å². The molecule has 0 fully saturated rings. The van der Waals surface area contributed by atoms with Crippen molar-refractivity contribution < 1.29 is 15.5 Å². The maximum Gasteiger partial charge on any atom is 0.133 e. The van der Waals surface area contributed by atoms with Crippen molar-refractivity contribution in [3.8, 4) is 5.75 Å². The average molecular weight is 236 g/mol. The lowest BCUT2D eigenvalue weighted by atomic mass is 9.85. The zero-order valence-electron chi connectivity index (χ0n) is 10.0. The molecule has 0 amide bonds. The molecular formula is C12H16N2O3. The molecule has 0 heterocycles. The van der Waals surface area contributed by atoms with Gasteiger partial charge in [0.15, 0.2) is 0 Å². The molecule has 17 heavy (non-hydrogen) atoms. The summed E-state index contributed by atoms with van der Waals surface area (Å²) in [7, 11) is 0. The van der Waals surface area contributed by atoms with E-state index in [-0.39, 0.29) is 11.2 Å². The quantitative estimate of drug-likeness (QED) is 0.418. The van der Waals surface area contributed by atoms with Crippen LogP contribution in [0, 0.1) is 0 Å². The van der Waals surface area contributed by atoms with Crippen molar-refractivity contribution in [2.24, 2.45) is 10.3 Å². The first-order valence-corrected chi connectivity index (χ1v) is 5.12. The van der Waals surface area contributed by atoms with Crippen molar-refractivity contribution in [3.63, 3.8) is 0 Å². The SMILES string of the molecule is CC(C)(C)c1cc(C=NO)c(O)c(/C=N/O)c1. The van der Waals surface area contributed by atoms with E-state index in [1.54, 1.807) is 12.1 Å². The van der Waals surface area contributed by atoms with Gasteiger partial charge in [-0.1, -0.05) is 31.1 Å². The number of aromatic hydroxyl groups is 1. The highest BCUT2D eigenvalue weighted by molar-refractivity contribution is 5.92. The maximum atomic E-state index is 9.84. The molecule has 1 rings (SSSR count). The Morgan fingerprint density at radius 3 is 1.71 bits per heavy atom. The number of hydrogen-bond acceptors (Lipinski definition) is 5. The summed E-state index contributed by atoms with van der Waals surface area (Å²) in [4.78, 5) is 0. The van der Waals surface area contributed by atoms with E-state index in [9.17, 15) is 5.11 Å². The first kappa shape index (κ1) is 13.0. The number of rotatable bonds is 2. The van der Waals surface area contributed by atoms with Gasteiger partial charge in [0, 0.05) is 11.1 Å². The van der Waals surface area contributed by atoms with Crippen molar-refractivity contribution in [2.45, 2.75) is 26.2 Å². The molecule has 5 heteroatoms. The lowest BCUT2D eigenvalue weighted by molar-refractivity contribution is 0.321. The number of benzene rings is 1. The summed E-state index contributed by atoms with van der Waals surface area (Å²) in [6.07, 6.45) is 2.28. The van der Waals surface area contributed by atoms with Crippen LogP contribution in [0.2, 0.25) is 0 Å². The van der Waals surface area contributed by atoms with Crippen LogP contribution >= 0.6 is 0 Å². The summed E-state index contributed by atoms with van der Waals surface area (Å²) in [6.45, 7) is 6.04. The summed E-state index contributed by atoms with van der Waals surface area (Å²) in [5.41, 5.74) is 1.54. The molecule has 0 aromatic heterocycles. The summed E-state index contributed by atoms with van der Waals surface area (Å²) < 4.78 is 0. The van der Waals surface area contributed by atoms with Crippen LogP contribution < -0.4 is 0 Å². The van der Waals surface area contributed by atoms with Crippen LogP contribution in [0.25, 0.3) is 0 Å². The fourth-order valence-corrected chi connectivity index (χ4v) is 1.43. The van der Waals surface area contributed by atoms with Gasteiger partial charge in [0.25, 0.3) is 0 Å². The molecule has 0 saturated carbocycles. The minimum atomic E-state index is -0.135. The molecule has 92 valence electrons. The minimum absolute atomic E-state index is 0.0893. The molecule has 0 aliphatic rings. The van der Waals surface area contributed by atoms with Gasteiger partial charge in [0.1, 0.15) is 5.75 Å². The highest BCUT2D eigenvalue weighted by Gasteiger charge is 2.17. The molecule has 0 aliphatic heterocycles. The number of phenolic OH excluding ortho intramolecular Hbond substituents is 1. The van der Waals surface area contributed by atoms with Crippen LogP contribution in [0.5, 0.6) is 5.75 Å². The second kappa shape index (κ2) is 4.86. The normalized spacial score (nSPS) is 12.6. The second-order valence-electron chi connectivity index (χ2n) is 4.74. The zero-order chi connectivity index (χ0) is 13.1. The molecule has 0 aliphatic carbocycles. The predicted molar refractivity (Wildman–Crippen MR) is 65.6 cm³/mol. The van der Waals surface area contributed by atoms with Crippen LogP contribution in [0.1, 0.15) is 37.5 Å². The summed E-state index contributed by atoms with van der Waals surface area (Å²) in [6, 6.07) is 3.45. The third-order valence-corrected chi connectivity index (χ3v) is 2.43. The lowest BCUT2D eigenvalue weighted by Crippen LogP contribution is -2.12. The van der Waals surface area contributed by atoms with E-state index >= 15 is 0 Å². The van der Waals surface area contributed by atoms with Crippen LogP contribution in [0.4, 0.5) is 0 Å². The van der Waals surface area contributed by atoms with E-state index in [1.165, 1.54) is 0 Å². The van der Waals surface area contributed by atoms with Crippen molar-refractivity contribution >= 4 is 12.4 Å². The Kier molecular flexibility index (Phi) is 3.73. The number of phenols is 1. The number of nitrogens with zero attached hydrogens (tertiary/aromatic N) is 2. The Labute approximate surface area is 99.7 Å². The number of oxime groups is 2. The van der Waals surface area contributed by atoms with Crippen LogP contribution in [0.15, 0.2) is 22.4 Å². The Hall–Kier alpha value is -2.04. The fraction of sp³-hybridized carbons (Fsp3) is 0.333. The zero-order valence-corrected chi connectivity index (χ0v) is 10.0. The predicted octanol–water partition coefficient (Wildman–Crippen LogP) is 2.31. The molecule has 0 bridgehead atoms. The monoisotopic (exact) mass is 236 g/mol. The van der Waals surface area contributed by atoms with Gasteiger partial charge in [0.05, 0.1) is 12.4 Å². The molecule has 1 aromatic rings. The Bertz CT molecular complexity index is 426. The average Bonchev–Trinajstić information content (AvgIpc) is 2.22. The van der Waals surface area contributed by atoms with Crippen LogP contribution in [-0.2, 0) is 5.41 Å². The first-order chi connectivity index (χ1) is 7.90. The van der Waals surface area contributed by atoms with E-state index in [2.05, 4.69) is 10.3 Å². The van der Waals surface area contributed by atoms with E-state index < -0.39 is 0 Å². The van der Waals surface area contributed by atoms with Gasteiger partial charge in [-0.25, -0.2) is 0 Å². The largest absolute Gasteiger partial charge is 0.507 e. The molecule has 0 radical (unpaired) electrons. The van der Waals surface area contributed by atoms with E-state index in [0.717, 1.165) is 18.0 Å². The summed E-state index contributed by atoms with van der Waals surface area (Å²) in [5, 5.41) is 32.7. The molecule has 0 spiro atoms. The van der Waals surface area contributed by atoms with Gasteiger partial charge in [0.2, 0.25) is 0 Å². The van der Waals surface area contributed by atoms with Gasteiger partial charge in [-0.3, -0.25) is 0 Å². The molecule has 3 N–H and O–H groups in total. The summed E-state index contributed by atoms with van der Waals surface area (Å²) in [5.74, 6) is -0.0893. The first-order valence-electron chi connectivity index (χ1n) is 5.12. The van der Waals surface area contributed by atoms with Crippen LogP contribution in [0.3, 0.4) is 0 Å². The smallest absolute Gasteiger partial charge is 0.133 e. The van der Waals surface area contributed by atoms with Crippen LogP contribution in [-0.4, -0.2) is 28.0 Å². The molecule has 1 aromatic carbocycles. The molecule has 0 atom stereocenters. The number of hydrogen-bond donors (Lipinski definition) is 3. The van der Waals surface area contributed by atoms with Crippen molar-refractivity contribution in [1.82, 2.24) is 0 Å². The van der Waals surface area contributed by atoms with Gasteiger partial charge in [-0.2, -0.15) is 0 Å². The Morgan fingerprint density at radius 1 is 1.00 bits per heavy atom. The van der Waals surface area contributed by atoms with Gasteiger partial charge < -0.3 is 15.5 Å². The van der Waals surface area contributed by atoms with Crippen molar-refractivity contribution in [3.05, 3.63) is 28.8 Å². The third-order valence-electron chi connectivity index (χ3n) is 2.43. The van der Waals surface area contributed by atoms with Gasteiger partial charge >= 0.3 is 0 Å². The molecular weight excluding hydrogens is 220 g/mol. The topological polar surface area (TPSA) is 85.4 Å². The Balaban J connectivity index is 3.47. The highest BCUT2D eigenvalue weighted by Crippen LogP contribution is 2.29. The fourth-order valence-electron chi connectivity index (χ4n) is 1.43. The molecule has 5 nitrogen and oxygen atoms in total. The molecule has 0 saturated heterocycles. The maximum absolute atomic E-state index is 9.84. The van der Waals surface area contributed by atoms with E-state index in [0.29, 0.717) is 11.1 Å².